The molecule has 2 saturated heterocycles. The van der Waals surface area contributed by atoms with Crippen molar-refractivity contribution in [1.29, 1.82) is 0 Å². The lowest BCUT2D eigenvalue weighted by Gasteiger charge is -2.42. The molecule has 7 nitrogen and oxygen atoms in total. The molecule has 166 valence electrons. The van der Waals surface area contributed by atoms with Crippen LogP contribution in [0.5, 0.6) is 0 Å². The minimum atomic E-state index is -0.111. The van der Waals surface area contributed by atoms with Gasteiger partial charge in [0, 0.05) is 62.4 Å². The largest absolute Gasteiger partial charge is 0.360 e. The third-order valence-electron chi connectivity index (χ3n) is 6.48. The summed E-state index contributed by atoms with van der Waals surface area (Å²) >= 11 is 1.87. The molecule has 3 unspecified atom stereocenters. The van der Waals surface area contributed by atoms with Gasteiger partial charge in [-0.3, -0.25) is 4.79 Å². The van der Waals surface area contributed by atoms with E-state index in [1.165, 1.54) is 5.56 Å². The number of hydrogen-bond acceptors (Lipinski definition) is 7. The number of nitrogens with one attached hydrogen (secondary N) is 2. The second kappa shape index (κ2) is 9.32. The van der Waals surface area contributed by atoms with Crippen molar-refractivity contribution in [1.82, 2.24) is 24.4 Å². The Morgan fingerprint density at radius 2 is 2.03 bits per heavy atom. The summed E-state index contributed by atoms with van der Waals surface area (Å²) in [6, 6.07) is 13.5. The van der Waals surface area contributed by atoms with Gasteiger partial charge in [0.1, 0.15) is 5.76 Å². The summed E-state index contributed by atoms with van der Waals surface area (Å²) < 4.78 is 10.3. The van der Waals surface area contributed by atoms with Gasteiger partial charge in [-0.25, -0.2) is 8.61 Å². The van der Waals surface area contributed by atoms with Crippen LogP contribution in [-0.2, 0) is 0 Å². The summed E-state index contributed by atoms with van der Waals surface area (Å²) in [7, 11) is 0. The minimum absolute atomic E-state index is 0.111. The highest BCUT2D eigenvalue weighted by Crippen LogP contribution is 2.40. The number of amides is 1. The van der Waals surface area contributed by atoms with E-state index in [1.807, 2.05) is 18.2 Å². The van der Waals surface area contributed by atoms with Crippen LogP contribution < -0.4 is 10.6 Å². The van der Waals surface area contributed by atoms with Crippen LogP contribution in [-0.4, -0.2) is 57.9 Å². The summed E-state index contributed by atoms with van der Waals surface area (Å²) in [5, 5.41) is 10.7. The number of hydrogen-bond donors (Lipinski definition) is 2. The third-order valence-corrected chi connectivity index (χ3v) is 7.88. The average molecular weight is 442 g/mol. The molecular weight excluding hydrogens is 410 g/mol. The predicted molar refractivity (Wildman–Crippen MR) is 121 cm³/mol. The van der Waals surface area contributed by atoms with E-state index in [2.05, 4.69) is 61.7 Å². The van der Waals surface area contributed by atoms with Crippen LogP contribution in [0.2, 0.25) is 0 Å². The highest BCUT2D eigenvalue weighted by molar-refractivity contribution is 7.94. The Kier molecular flexibility index (Phi) is 6.31. The Labute approximate surface area is 188 Å². The van der Waals surface area contributed by atoms with Crippen molar-refractivity contribution >= 4 is 18.0 Å². The molecule has 8 heteroatoms. The van der Waals surface area contributed by atoms with Crippen molar-refractivity contribution in [3.05, 3.63) is 53.4 Å². The first-order valence-electron chi connectivity index (χ1n) is 11.4. The number of piperazine rings is 1. The van der Waals surface area contributed by atoms with Crippen LogP contribution in [0.1, 0.15) is 66.4 Å². The fourth-order valence-corrected chi connectivity index (χ4v) is 5.68. The summed E-state index contributed by atoms with van der Waals surface area (Å²) in [5.74, 6) is 1.22. The molecular formula is C23H31N5O2S. The molecule has 0 spiro atoms. The van der Waals surface area contributed by atoms with E-state index in [-0.39, 0.29) is 11.9 Å². The molecule has 2 aliphatic heterocycles. The van der Waals surface area contributed by atoms with Crippen molar-refractivity contribution in [3.63, 3.8) is 0 Å². The molecule has 3 heterocycles. The van der Waals surface area contributed by atoms with Crippen molar-refractivity contribution < 1.29 is 9.32 Å². The van der Waals surface area contributed by atoms with Gasteiger partial charge in [-0.05, 0) is 38.2 Å². The summed E-state index contributed by atoms with van der Waals surface area (Å²) in [5.41, 5.74) is 1.77. The Bertz CT molecular complexity index is 887. The lowest BCUT2D eigenvalue weighted by molar-refractivity contribution is 0.0905. The van der Waals surface area contributed by atoms with Gasteiger partial charge in [-0.2, -0.15) is 0 Å². The van der Waals surface area contributed by atoms with Crippen molar-refractivity contribution in [2.24, 2.45) is 0 Å². The molecule has 3 fully saturated rings. The Morgan fingerprint density at radius 1 is 1.19 bits per heavy atom. The number of nitrogens with zero attached hydrogens (tertiary/aromatic N) is 3. The highest BCUT2D eigenvalue weighted by Gasteiger charge is 2.33. The van der Waals surface area contributed by atoms with Gasteiger partial charge >= 0.3 is 0 Å². The molecule has 1 aromatic carbocycles. The summed E-state index contributed by atoms with van der Waals surface area (Å²) in [6.45, 7) is 6.21. The molecule has 5 rings (SSSR count). The van der Waals surface area contributed by atoms with Crippen molar-refractivity contribution in [2.45, 2.75) is 56.7 Å². The van der Waals surface area contributed by atoms with E-state index in [0.717, 1.165) is 57.6 Å². The zero-order valence-electron chi connectivity index (χ0n) is 18.0. The van der Waals surface area contributed by atoms with Gasteiger partial charge < -0.3 is 15.2 Å². The fourth-order valence-electron chi connectivity index (χ4n) is 4.50. The van der Waals surface area contributed by atoms with Crippen LogP contribution in [0.25, 0.3) is 0 Å². The number of aromatic nitrogens is 1. The van der Waals surface area contributed by atoms with Gasteiger partial charge in [-0.15, -0.1) is 0 Å². The van der Waals surface area contributed by atoms with Crippen LogP contribution in [0.3, 0.4) is 0 Å². The normalized spacial score (nSPS) is 27.8. The zero-order valence-corrected chi connectivity index (χ0v) is 18.8. The molecule has 3 aliphatic rings. The maximum Gasteiger partial charge on any atom is 0.273 e. The number of piperidine rings is 1. The van der Waals surface area contributed by atoms with Crippen LogP contribution >= 0.6 is 12.1 Å². The van der Waals surface area contributed by atoms with E-state index in [0.29, 0.717) is 23.7 Å². The SMILES string of the molecule is CC1CC(NC(=O)c2cc(C3CC3)on2)CCN1SN1CCNCC1c1ccccc1. The van der Waals surface area contributed by atoms with Gasteiger partial charge in [0.15, 0.2) is 5.69 Å². The highest BCUT2D eigenvalue weighted by atomic mass is 32.2. The molecule has 31 heavy (non-hydrogen) atoms. The lowest BCUT2D eigenvalue weighted by Crippen LogP contribution is -2.49. The van der Waals surface area contributed by atoms with E-state index < -0.39 is 0 Å². The average Bonchev–Trinajstić information content (AvgIpc) is 3.53. The minimum Gasteiger partial charge on any atom is -0.360 e. The maximum atomic E-state index is 12.6. The van der Waals surface area contributed by atoms with Crippen molar-refractivity contribution in [3.8, 4) is 0 Å². The first-order chi connectivity index (χ1) is 15.2. The van der Waals surface area contributed by atoms with E-state index in [4.69, 9.17) is 4.52 Å². The number of carbonyl (C=O) groups is 1. The Morgan fingerprint density at radius 3 is 2.81 bits per heavy atom. The molecule has 1 aliphatic carbocycles. The molecule has 2 N–H and O–H groups in total. The van der Waals surface area contributed by atoms with Crippen molar-refractivity contribution in [2.75, 3.05) is 26.2 Å². The van der Waals surface area contributed by atoms with Crippen LogP contribution in [0.15, 0.2) is 40.9 Å². The number of carbonyl (C=O) groups excluding carboxylic acids is 1. The Hall–Kier alpha value is -1.87. The van der Waals surface area contributed by atoms with Crippen LogP contribution in [0, 0.1) is 0 Å². The quantitative estimate of drug-likeness (QED) is 0.666. The molecule has 2 aromatic rings. The molecule has 1 saturated carbocycles. The fraction of sp³-hybridized carbons (Fsp3) is 0.565. The lowest BCUT2D eigenvalue weighted by atomic mass is 10.0. The van der Waals surface area contributed by atoms with Gasteiger partial charge in [0.25, 0.3) is 5.91 Å². The summed E-state index contributed by atoms with van der Waals surface area (Å²) in [4.78, 5) is 12.6. The van der Waals surface area contributed by atoms with Gasteiger partial charge in [0.05, 0.1) is 6.04 Å². The zero-order chi connectivity index (χ0) is 21.2. The number of benzene rings is 1. The van der Waals surface area contributed by atoms with Gasteiger partial charge in [0.2, 0.25) is 0 Å². The van der Waals surface area contributed by atoms with E-state index in [9.17, 15) is 4.79 Å². The third kappa shape index (κ3) is 4.98. The predicted octanol–water partition coefficient (Wildman–Crippen LogP) is 3.34. The van der Waals surface area contributed by atoms with Gasteiger partial charge in [-0.1, -0.05) is 35.5 Å². The molecule has 0 bridgehead atoms. The summed E-state index contributed by atoms with van der Waals surface area (Å²) in [6.07, 6.45) is 4.16. The van der Waals surface area contributed by atoms with E-state index in [1.54, 1.807) is 0 Å². The second-order valence-corrected chi connectivity index (χ2v) is 10.0. The molecule has 3 atom stereocenters. The maximum absolute atomic E-state index is 12.6. The molecule has 0 radical (unpaired) electrons. The first-order valence-corrected chi connectivity index (χ1v) is 12.1. The monoisotopic (exact) mass is 441 g/mol. The first kappa shape index (κ1) is 21.0. The Balaban J connectivity index is 1.15. The second-order valence-electron chi connectivity index (χ2n) is 8.93. The topological polar surface area (TPSA) is 73.6 Å². The molecule has 1 amide bonds. The standard InChI is InChI=1S/C23H31N5O2S/c1-16-13-19(25-23(29)20-14-22(30-26-20)18-7-8-18)9-11-27(16)31-28-12-10-24-15-21(28)17-5-3-2-4-6-17/h2-6,14,16,18-19,21,24H,7-13,15H2,1H3,(H,25,29). The smallest absolute Gasteiger partial charge is 0.273 e. The van der Waals surface area contributed by atoms with Crippen LogP contribution in [0.4, 0.5) is 0 Å². The number of rotatable bonds is 6. The van der Waals surface area contributed by atoms with E-state index >= 15 is 0 Å². The molecule has 1 aromatic heterocycles.